The highest BCUT2D eigenvalue weighted by Gasteiger charge is 2.22. The molecule has 1 heterocycles. The molecule has 1 aliphatic heterocycles. The minimum absolute atomic E-state index is 0.167. The Morgan fingerprint density at radius 3 is 2.47 bits per heavy atom. The monoisotopic (exact) mass is 232 g/mol. The first-order chi connectivity index (χ1) is 8.31. The molecular weight excluding hydrogens is 212 g/mol. The standard InChI is InChI=1S/C15H20O2/c1-2-3-12-4-6-13(7-5-12)15(16)14-8-10-17-11-9-14/h4-7,14H,2-3,8-11H2,1H3. The summed E-state index contributed by atoms with van der Waals surface area (Å²) < 4.78 is 5.28. The van der Waals surface area contributed by atoms with Crippen molar-refractivity contribution >= 4 is 5.78 Å². The highest BCUT2D eigenvalue weighted by atomic mass is 16.5. The Bertz CT molecular complexity index is 361. The van der Waals surface area contributed by atoms with Gasteiger partial charge in [-0.05, 0) is 24.8 Å². The second-order valence-corrected chi connectivity index (χ2v) is 4.70. The molecule has 0 spiro atoms. The van der Waals surface area contributed by atoms with Gasteiger partial charge < -0.3 is 4.74 Å². The topological polar surface area (TPSA) is 26.3 Å². The van der Waals surface area contributed by atoms with Crippen LogP contribution in [0, 0.1) is 5.92 Å². The lowest BCUT2D eigenvalue weighted by Gasteiger charge is -2.20. The zero-order valence-electron chi connectivity index (χ0n) is 10.4. The third-order valence-electron chi connectivity index (χ3n) is 3.37. The highest BCUT2D eigenvalue weighted by Crippen LogP contribution is 2.20. The molecule has 1 aliphatic rings. The van der Waals surface area contributed by atoms with Crippen molar-refractivity contribution in [1.29, 1.82) is 0 Å². The summed E-state index contributed by atoms with van der Waals surface area (Å²) in [5.74, 6) is 0.456. The third kappa shape index (κ3) is 3.16. The molecule has 0 radical (unpaired) electrons. The van der Waals surface area contributed by atoms with Gasteiger partial charge in [0.05, 0.1) is 0 Å². The highest BCUT2D eigenvalue weighted by molar-refractivity contribution is 5.97. The van der Waals surface area contributed by atoms with Crippen molar-refractivity contribution in [3.8, 4) is 0 Å². The molecule has 2 heteroatoms. The maximum absolute atomic E-state index is 12.2. The molecule has 0 aromatic heterocycles. The fourth-order valence-electron chi connectivity index (χ4n) is 2.32. The fourth-order valence-corrected chi connectivity index (χ4v) is 2.32. The number of hydrogen-bond donors (Lipinski definition) is 0. The number of ether oxygens (including phenoxy) is 1. The van der Waals surface area contributed by atoms with Crippen LogP contribution in [0.15, 0.2) is 24.3 Å². The largest absolute Gasteiger partial charge is 0.381 e. The predicted molar refractivity (Wildman–Crippen MR) is 68.3 cm³/mol. The first-order valence-electron chi connectivity index (χ1n) is 6.52. The van der Waals surface area contributed by atoms with E-state index in [-0.39, 0.29) is 11.7 Å². The molecule has 1 fully saturated rings. The van der Waals surface area contributed by atoms with E-state index in [1.165, 1.54) is 5.56 Å². The lowest BCUT2D eigenvalue weighted by Crippen LogP contribution is -2.23. The molecule has 0 atom stereocenters. The van der Waals surface area contributed by atoms with E-state index in [0.717, 1.165) is 44.5 Å². The van der Waals surface area contributed by atoms with E-state index in [4.69, 9.17) is 4.74 Å². The molecule has 1 saturated heterocycles. The Morgan fingerprint density at radius 1 is 1.24 bits per heavy atom. The van der Waals surface area contributed by atoms with Gasteiger partial charge in [0.25, 0.3) is 0 Å². The first-order valence-corrected chi connectivity index (χ1v) is 6.52. The van der Waals surface area contributed by atoms with Gasteiger partial charge in [0.15, 0.2) is 5.78 Å². The number of carbonyl (C=O) groups excluding carboxylic acids is 1. The molecule has 0 aliphatic carbocycles. The quantitative estimate of drug-likeness (QED) is 0.745. The maximum atomic E-state index is 12.2. The van der Waals surface area contributed by atoms with Crippen LogP contribution in [-0.2, 0) is 11.2 Å². The van der Waals surface area contributed by atoms with E-state index in [1.54, 1.807) is 0 Å². The van der Waals surface area contributed by atoms with E-state index in [0.29, 0.717) is 0 Å². The van der Waals surface area contributed by atoms with Crippen molar-refractivity contribution < 1.29 is 9.53 Å². The summed E-state index contributed by atoms with van der Waals surface area (Å²) in [6.07, 6.45) is 3.98. The number of ketones is 1. The van der Waals surface area contributed by atoms with Crippen LogP contribution in [-0.4, -0.2) is 19.0 Å². The second-order valence-electron chi connectivity index (χ2n) is 4.70. The van der Waals surface area contributed by atoms with Crippen molar-refractivity contribution in [3.63, 3.8) is 0 Å². The molecule has 2 nitrogen and oxygen atoms in total. The number of Topliss-reactive ketones (excluding diaryl/α,β-unsaturated/α-hetero) is 1. The van der Waals surface area contributed by atoms with Gasteiger partial charge in [0, 0.05) is 24.7 Å². The van der Waals surface area contributed by atoms with Gasteiger partial charge in [-0.25, -0.2) is 0 Å². The molecule has 92 valence electrons. The van der Waals surface area contributed by atoms with Crippen LogP contribution in [0.5, 0.6) is 0 Å². The van der Waals surface area contributed by atoms with Gasteiger partial charge >= 0.3 is 0 Å². The fraction of sp³-hybridized carbons (Fsp3) is 0.533. The summed E-state index contributed by atoms with van der Waals surface area (Å²) in [5.41, 5.74) is 2.17. The Balaban J connectivity index is 2.03. The van der Waals surface area contributed by atoms with Gasteiger partial charge in [-0.3, -0.25) is 4.79 Å². The normalized spacial score (nSPS) is 17.0. The Kier molecular flexibility index (Phi) is 4.32. The van der Waals surface area contributed by atoms with Crippen LogP contribution in [0.1, 0.15) is 42.1 Å². The van der Waals surface area contributed by atoms with E-state index < -0.39 is 0 Å². The summed E-state index contributed by atoms with van der Waals surface area (Å²) in [6, 6.07) is 8.11. The van der Waals surface area contributed by atoms with Crippen molar-refractivity contribution in [3.05, 3.63) is 35.4 Å². The van der Waals surface area contributed by atoms with E-state index in [1.807, 2.05) is 12.1 Å². The SMILES string of the molecule is CCCc1ccc(C(=O)C2CCOCC2)cc1. The minimum atomic E-state index is 0.167. The molecule has 2 rings (SSSR count). The molecule has 0 N–H and O–H groups in total. The zero-order valence-corrected chi connectivity index (χ0v) is 10.4. The number of hydrogen-bond acceptors (Lipinski definition) is 2. The lowest BCUT2D eigenvalue weighted by molar-refractivity contribution is 0.0545. The summed E-state index contributed by atoms with van der Waals surface area (Å²) in [4.78, 5) is 12.2. The first kappa shape index (κ1) is 12.3. The van der Waals surface area contributed by atoms with Crippen LogP contribution in [0.3, 0.4) is 0 Å². The Morgan fingerprint density at radius 2 is 1.88 bits per heavy atom. The van der Waals surface area contributed by atoms with Gasteiger partial charge in [0.1, 0.15) is 0 Å². The smallest absolute Gasteiger partial charge is 0.166 e. The summed E-state index contributed by atoms with van der Waals surface area (Å²) in [6.45, 7) is 3.62. The zero-order chi connectivity index (χ0) is 12.1. The number of rotatable bonds is 4. The van der Waals surface area contributed by atoms with Crippen LogP contribution in [0.4, 0.5) is 0 Å². The predicted octanol–water partition coefficient (Wildman–Crippen LogP) is 3.25. The van der Waals surface area contributed by atoms with Gasteiger partial charge in [-0.15, -0.1) is 0 Å². The summed E-state index contributed by atoms with van der Waals surface area (Å²) in [5, 5.41) is 0. The summed E-state index contributed by atoms with van der Waals surface area (Å²) >= 11 is 0. The van der Waals surface area contributed by atoms with Crippen LogP contribution >= 0.6 is 0 Å². The molecular formula is C15H20O2. The lowest BCUT2D eigenvalue weighted by atomic mass is 9.90. The Hall–Kier alpha value is -1.15. The van der Waals surface area contributed by atoms with Gasteiger partial charge in [-0.1, -0.05) is 37.6 Å². The third-order valence-corrected chi connectivity index (χ3v) is 3.37. The van der Waals surface area contributed by atoms with Gasteiger partial charge in [-0.2, -0.15) is 0 Å². The number of aryl methyl sites for hydroxylation is 1. The van der Waals surface area contributed by atoms with Gasteiger partial charge in [0.2, 0.25) is 0 Å². The average Bonchev–Trinajstić information content (AvgIpc) is 2.40. The van der Waals surface area contributed by atoms with Crippen molar-refractivity contribution in [2.45, 2.75) is 32.6 Å². The number of carbonyl (C=O) groups is 1. The molecule has 0 saturated carbocycles. The molecule has 1 aromatic carbocycles. The minimum Gasteiger partial charge on any atom is -0.381 e. The Labute approximate surface area is 103 Å². The average molecular weight is 232 g/mol. The van der Waals surface area contributed by atoms with Crippen LogP contribution < -0.4 is 0 Å². The molecule has 17 heavy (non-hydrogen) atoms. The van der Waals surface area contributed by atoms with E-state index in [9.17, 15) is 4.79 Å². The van der Waals surface area contributed by atoms with Crippen molar-refractivity contribution in [2.75, 3.05) is 13.2 Å². The maximum Gasteiger partial charge on any atom is 0.166 e. The van der Waals surface area contributed by atoms with Crippen LogP contribution in [0.2, 0.25) is 0 Å². The van der Waals surface area contributed by atoms with E-state index in [2.05, 4.69) is 19.1 Å². The molecule has 0 amide bonds. The molecule has 0 unspecified atom stereocenters. The van der Waals surface area contributed by atoms with Crippen molar-refractivity contribution in [1.82, 2.24) is 0 Å². The molecule has 1 aromatic rings. The second kappa shape index (κ2) is 5.97. The number of benzene rings is 1. The molecule has 0 bridgehead atoms. The van der Waals surface area contributed by atoms with Crippen LogP contribution in [0.25, 0.3) is 0 Å². The van der Waals surface area contributed by atoms with E-state index >= 15 is 0 Å². The summed E-state index contributed by atoms with van der Waals surface area (Å²) in [7, 11) is 0. The van der Waals surface area contributed by atoms with Crippen molar-refractivity contribution in [2.24, 2.45) is 5.92 Å².